The SMILES string of the molecule is CCN(C)Nc1c(Cl)oc(-c2cc(N)cc(C(=O)NCc3ccccc3)c2)c(CC(=O)NCc2ccc(C(=N)N)cc2)c1=O. The molecule has 0 aliphatic rings. The molecule has 2 amide bonds. The third-order valence-electron chi connectivity index (χ3n) is 6.81. The maximum absolute atomic E-state index is 13.8. The molecule has 12 heteroatoms. The fourth-order valence-electron chi connectivity index (χ4n) is 4.32. The zero-order valence-corrected chi connectivity index (χ0v) is 25.1. The number of benzene rings is 3. The van der Waals surface area contributed by atoms with Crippen LogP contribution >= 0.6 is 11.6 Å². The maximum atomic E-state index is 13.8. The second-order valence-corrected chi connectivity index (χ2v) is 10.4. The number of carbonyl (C=O) groups excluding carboxylic acids is 2. The minimum atomic E-state index is -0.532. The summed E-state index contributed by atoms with van der Waals surface area (Å²) >= 11 is 6.44. The number of nitrogens with two attached hydrogens (primary N) is 2. The molecule has 1 heterocycles. The Morgan fingerprint density at radius 3 is 2.27 bits per heavy atom. The van der Waals surface area contributed by atoms with E-state index < -0.39 is 11.3 Å². The summed E-state index contributed by atoms with van der Waals surface area (Å²) in [6.45, 7) is 2.91. The minimum absolute atomic E-state index is 0.0212. The number of carbonyl (C=O) groups is 2. The molecule has 228 valence electrons. The van der Waals surface area contributed by atoms with Gasteiger partial charge >= 0.3 is 0 Å². The zero-order chi connectivity index (χ0) is 31.8. The van der Waals surface area contributed by atoms with E-state index in [1.807, 2.05) is 37.3 Å². The van der Waals surface area contributed by atoms with Crippen molar-refractivity contribution < 1.29 is 14.0 Å². The standard InChI is InChI=1S/C32H34ClN7O4/c1-3-40(2)39-27-28(42)25(16-26(41)37-17-20-9-11-21(12-10-20)31(35)36)29(44-30(27)33)22-13-23(15-24(34)14-22)32(43)38-18-19-7-5-4-6-8-19/h4-15,39H,3,16-18,34H2,1-2H3,(H3,35,36)(H,37,41)(H,38,43). The molecule has 44 heavy (non-hydrogen) atoms. The van der Waals surface area contributed by atoms with Crippen molar-refractivity contribution in [3.05, 3.63) is 116 Å². The van der Waals surface area contributed by atoms with Crippen LogP contribution in [-0.4, -0.2) is 36.3 Å². The predicted octanol–water partition coefficient (Wildman–Crippen LogP) is 3.89. The van der Waals surface area contributed by atoms with Gasteiger partial charge in [0.05, 0.1) is 12.0 Å². The summed E-state index contributed by atoms with van der Waals surface area (Å²) in [6, 6.07) is 20.9. The number of amides is 2. The van der Waals surface area contributed by atoms with Crippen molar-refractivity contribution in [2.75, 3.05) is 24.8 Å². The Morgan fingerprint density at radius 1 is 0.955 bits per heavy atom. The molecule has 4 aromatic rings. The van der Waals surface area contributed by atoms with Crippen molar-refractivity contribution in [3.8, 4) is 11.3 Å². The van der Waals surface area contributed by atoms with E-state index in [1.54, 1.807) is 42.4 Å². The fourth-order valence-corrected chi connectivity index (χ4v) is 4.53. The van der Waals surface area contributed by atoms with Crippen LogP contribution in [0.2, 0.25) is 5.22 Å². The molecule has 3 aromatic carbocycles. The maximum Gasteiger partial charge on any atom is 0.251 e. The van der Waals surface area contributed by atoms with Crippen LogP contribution in [0.4, 0.5) is 11.4 Å². The monoisotopic (exact) mass is 615 g/mol. The van der Waals surface area contributed by atoms with Gasteiger partial charge in [-0.2, -0.15) is 0 Å². The van der Waals surface area contributed by atoms with Crippen LogP contribution in [0.15, 0.2) is 82.0 Å². The van der Waals surface area contributed by atoms with E-state index in [4.69, 9.17) is 32.9 Å². The quantitative estimate of drug-likeness (QED) is 0.0601. The van der Waals surface area contributed by atoms with Gasteiger partial charge < -0.3 is 31.9 Å². The summed E-state index contributed by atoms with van der Waals surface area (Å²) in [6.07, 6.45) is -0.338. The number of hydrogen-bond acceptors (Lipinski definition) is 8. The van der Waals surface area contributed by atoms with Crippen molar-refractivity contribution in [3.63, 3.8) is 0 Å². The Bertz CT molecular complexity index is 1720. The van der Waals surface area contributed by atoms with E-state index >= 15 is 0 Å². The highest BCUT2D eigenvalue weighted by molar-refractivity contribution is 6.31. The molecule has 0 saturated heterocycles. The first kappa shape index (κ1) is 31.8. The first-order chi connectivity index (χ1) is 21.0. The first-order valence-electron chi connectivity index (χ1n) is 13.8. The molecule has 0 fully saturated rings. The van der Waals surface area contributed by atoms with Gasteiger partial charge in [-0.3, -0.25) is 19.8 Å². The summed E-state index contributed by atoms with van der Waals surface area (Å²) in [4.78, 5) is 39.9. The van der Waals surface area contributed by atoms with Gasteiger partial charge in [0.25, 0.3) is 5.91 Å². The molecule has 0 aliphatic carbocycles. The normalized spacial score (nSPS) is 10.8. The van der Waals surface area contributed by atoms with E-state index in [2.05, 4.69) is 16.1 Å². The summed E-state index contributed by atoms with van der Waals surface area (Å²) in [5.41, 5.74) is 17.2. The lowest BCUT2D eigenvalue weighted by atomic mass is 10.0. The van der Waals surface area contributed by atoms with Crippen molar-refractivity contribution in [1.29, 1.82) is 5.41 Å². The number of anilines is 2. The number of nitrogens with one attached hydrogen (secondary N) is 4. The van der Waals surface area contributed by atoms with Crippen LogP contribution in [-0.2, 0) is 24.3 Å². The average molecular weight is 616 g/mol. The first-order valence-corrected chi connectivity index (χ1v) is 14.2. The van der Waals surface area contributed by atoms with Crippen LogP contribution in [0.3, 0.4) is 0 Å². The highest BCUT2D eigenvalue weighted by Crippen LogP contribution is 2.32. The van der Waals surface area contributed by atoms with Crippen LogP contribution < -0.4 is 33.0 Å². The Balaban J connectivity index is 1.65. The van der Waals surface area contributed by atoms with Crippen LogP contribution in [0.5, 0.6) is 0 Å². The van der Waals surface area contributed by atoms with Crippen molar-refractivity contribution in [2.24, 2.45) is 5.73 Å². The molecule has 0 saturated carbocycles. The van der Waals surface area contributed by atoms with Crippen LogP contribution in [0, 0.1) is 5.41 Å². The molecule has 4 rings (SSSR count). The van der Waals surface area contributed by atoms with Gasteiger partial charge in [-0.1, -0.05) is 61.5 Å². The van der Waals surface area contributed by atoms with Gasteiger partial charge in [0.1, 0.15) is 11.6 Å². The lowest BCUT2D eigenvalue weighted by molar-refractivity contribution is -0.120. The third-order valence-corrected chi connectivity index (χ3v) is 7.07. The number of nitrogens with zero attached hydrogens (tertiary/aromatic N) is 1. The molecule has 0 aliphatic heterocycles. The van der Waals surface area contributed by atoms with E-state index in [1.165, 1.54) is 12.1 Å². The molecule has 8 N–H and O–H groups in total. The molecule has 0 bridgehead atoms. The molecule has 0 spiro atoms. The summed E-state index contributed by atoms with van der Waals surface area (Å²) in [7, 11) is 1.73. The van der Waals surface area contributed by atoms with Crippen LogP contribution in [0.1, 0.15) is 39.5 Å². The molecule has 11 nitrogen and oxygen atoms in total. The molecule has 0 radical (unpaired) electrons. The Labute approximate surface area is 259 Å². The highest BCUT2D eigenvalue weighted by Gasteiger charge is 2.23. The lowest BCUT2D eigenvalue weighted by Gasteiger charge is -2.19. The largest absolute Gasteiger partial charge is 0.442 e. The fraction of sp³-hybridized carbons (Fsp3) is 0.188. The van der Waals surface area contributed by atoms with Crippen molar-refractivity contribution in [1.82, 2.24) is 15.6 Å². The van der Waals surface area contributed by atoms with Gasteiger partial charge in [-0.15, -0.1) is 0 Å². The van der Waals surface area contributed by atoms with Gasteiger partial charge in [-0.05, 0) is 40.9 Å². The highest BCUT2D eigenvalue weighted by atomic mass is 35.5. The molecular formula is C32H34ClN7O4. The van der Waals surface area contributed by atoms with Crippen molar-refractivity contribution >= 4 is 40.6 Å². The topological polar surface area (TPSA) is 180 Å². The Hall–Kier alpha value is -5.13. The summed E-state index contributed by atoms with van der Waals surface area (Å²) < 4.78 is 5.95. The molecule has 0 unspecified atom stereocenters. The van der Waals surface area contributed by atoms with Gasteiger partial charge in [0.15, 0.2) is 5.69 Å². The molecule has 1 aromatic heterocycles. The zero-order valence-electron chi connectivity index (χ0n) is 24.4. The number of halogens is 1. The number of nitrogen functional groups attached to an aromatic ring is 2. The van der Waals surface area contributed by atoms with Crippen LogP contribution in [0.25, 0.3) is 11.3 Å². The number of hydrazine groups is 1. The minimum Gasteiger partial charge on any atom is -0.442 e. The summed E-state index contributed by atoms with van der Waals surface area (Å²) in [5, 5.41) is 14.6. The smallest absolute Gasteiger partial charge is 0.251 e. The molecular weight excluding hydrogens is 582 g/mol. The summed E-state index contributed by atoms with van der Waals surface area (Å²) in [5.74, 6) is -0.862. The number of amidine groups is 1. The lowest BCUT2D eigenvalue weighted by Crippen LogP contribution is -2.31. The van der Waals surface area contributed by atoms with Gasteiger partial charge in [-0.25, -0.2) is 5.01 Å². The van der Waals surface area contributed by atoms with E-state index in [0.29, 0.717) is 24.2 Å². The van der Waals surface area contributed by atoms with E-state index in [-0.39, 0.29) is 58.2 Å². The van der Waals surface area contributed by atoms with Crippen molar-refractivity contribution in [2.45, 2.75) is 26.4 Å². The number of hydrogen-bond donors (Lipinski definition) is 6. The predicted molar refractivity (Wildman–Crippen MR) is 172 cm³/mol. The third kappa shape index (κ3) is 8.03. The van der Waals surface area contributed by atoms with Gasteiger partial charge in [0.2, 0.25) is 16.6 Å². The number of rotatable bonds is 12. The second-order valence-electron chi connectivity index (χ2n) is 10.1. The Morgan fingerprint density at radius 2 is 1.61 bits per heavy atom. The van der Waals surface area contributed by atoms with E-state index in [0.717, 1.165) is 11.1 Å². The second kappa shape index (κ2) is 14.4. The Kier molecular flexibility index (Phi) is 10.4. The molecule has 0 atom stereocenters. The van der Waals surface area contributed by atoms with Gasteiger partial charge in [0, 0.05) is 49.1 Å². The average Bonchev–Trinajstić information content (AvgIpc) is 3.02. The van der Waals surface area contributed by atoms with E-state index in [9.17, 15) is 14.4 Å².